The number of nitrogens with one attached hydrogen (secondary N) is 1. The molecule has 0 spiro atoms. The van der Waals surface area contributed by atoms with Gasteiger partial charge in [0.2, 0.25) is 11.8 Å². The molecule has 10 heteroatoms. The zero-order valence-electron chi connectivity index (χ0n) is 14.4. The Kier molecular flexibility index (Phi) is 6.17. The molecule has 0 unspecified atom stereocenters. The van der Waals surface area contributed by atoms with Gasteiger partial charge in [-0.3, -0.25) is 0 Å². The van der Waals surface area contributed by atoms with Crippen LogP contribution >= 0.6 is 11.9 Å². The van der Waals surface area contributed by atoms with Gasteiger partial charge in [0.25, 0.3) is 0 Å². The standard InChI is InChI=1S/C16H21F3N4O2S/c1-24-14(21)12(23-26-2)8-10(20)11-4-3-5-13(22-11)25-9-15(6-7-15)16(17,18)19/h3-5,8,23H,6-7,9,20-21H2,1-2H3/b10-8-,14-12-. The van der Waals surface area contributed by atoms with Crippen molar-refractivity contribution in [2.24, 2.45) is 16.9 Å². The van der Waals surface area contributed by atoms with Gasteiger partial charge in [0.1, 0.15) is 17.7 Å². The average Bonchev–Trinajstić information content (AvgIpc) is 3.40. The van der Waals surface area contributed by atoms with E-state index in [2.05, 4.69) is 9.71 Å². The van der Waals surface area contributed by atoms with Crippen molar-refractivity contribution in [2.45, 2.75) is 19.0 Å². The molecule has 0 atom stereocenters. The lowest BCUT2D eigenvalue weighted by Gasteiger charge is -2.19. The number of nitrogens with zero attached hydrogens (tertiary/aromatic N) is 1. The van der Waals surface area contributed by atoms with Crippen LogP contribution in [-0.4, -0.2) is 31.1 Å². The lowest BCUT2D eigenvalue weighted by molar-refractivity contribution is -0.194. The van der Waals surface area contributed by atoms with E-state index in [0.29, 0.717) is 11.4 Å². The molecule has 0 aromatic carbocycles. The number of nitrogens with two attached hydrogens (primary N) is 2. The highest BCUT2D eigenvalue weighted by molar-refractivity contribution is 7.96. The van der Waals surface area contributed by atoms with Crippen LogP contribution in [0.15, 0.2) is 35.9 Å². The summed E-state index contributed by atoms with van der Waals surface area (Å²) in [5, 5.41) is 0. The molecule has 1 aliphatic rings. The van der Waals surface area contributed by atoms with Crippen molar-refractivity contribution in [3.63, 3.8) is 0 Å². The number of aromatic nitrogens is 1. The molecule has 6 nitrogen and oxygen atoms in total. The molecule has 26 heavy (non-hydrogen) atoms. The molecule has 0 aliphatic heterocycles. The number of allylic oxidation sites excluding steroid dienone is 1. The van der Waals surface area contributed by atoms with E-state index >= 15 is 0 Å². The molecule has 1 aromatic heterocycles. The SMILES string of the molecule is CO/C(N)=C(/C=C(\N)c1cccc(OCC2(C(F)(F)F)CC2)n1)NSC. The first kappa shape index (κ1) is 20.1. The third kappa shape index (κ3) is 4.69. The summed E-state index contributed by atoms with van der Waals surface area (Å²) in [5.74, 6) is 0.216. The number of ether oxygens (including phenoxy) is 2. The van der Waals surface area contributed by atoms with Crippen LogP contribution in [0.3, 0.4) is 0 Å². The number of rotatable bonds is 8. The van der Waals surface area contributed by atoms with Gasteiger partial charge in [-0.15, -0.1) is 0 Å². The van der Waals surface area contributed by atoms with Crippen molar-refractivity contribution in [2.75, 3.05) is 20.0 Å². The van der Waals surface area contributed by atoms with Gasteiger partial charge in [0.05, 0.1) is 18.5 Å². The van der Waals surface area contributed by atoms with Crippen LogP contribution in [0.4, 0.5) is 13.2 Å². The van der Waals surface area contributed by atoms with E-state index in [4.69, 9.17) is 20.9 Å². The number of pyridine rings is 1. The van der Waals surface area contributed by atoms with Gasteiger partial charge in [0.15, 0.2) is 0 Å². The molecule has 0 bridgehead atoms. The lowest BCUT2D eigenvalue weighted by Crippen LogP contribution is -2.30. The van der Waals surface area contributed by atoms with Crippen LogP contribution in [0.2, 0.25) is 0 Å². The van der Waals surface area contributed by atoms with Gasteiger partial charge in [-0.25, -0.2) is 4.98 Å². The first-order chi connectivity index (χ1) is 12.2. The maximum Gasteiger partial charge on any atom is 0.397 e. The Morgan fingerprint density at radius 3 is 2.62 bits per heavy atom. The molecule has 1 heterocycles. The van der Waals surface area contributed by atoms with E-state index < -0.39 is 18.2 Å². The number of hydrogen-bond acceptors (Lipinski definition) is 7. The number of alkyl halides is 3. The second kappa shape index (κ2) is 7.98. The summed E-state index contributed by atoms with van der Waals surface area (Å²) < 4.78 is 52.1. The first-order valence-electron chi connectivity index (χ1n) is 7.69. The van der Waals surface area contributed by atoms with Gasteiger partial charge in [-0.2, -0.15) is 13.2 Å². The molecule has 0 amide bonds. The molecule has 2 rings (SSSR count). The predicted molar refractivity (Wildman–Crippen MR) is 94.5 cm³/mol. The topological polar surface area (TPSA) is 95.4 Å². The lowest BCUT2D eigenvalue weighted by atomic mass is 10.1. The van der Waals surface area contributed by atoms with Crippen LogP contribution < -0.4 is 20.9 Å². The largest absolute Gasteiger partial charge is 0.481 e. The molecule has 1 aromatic rings. The Bertz CT molecular complexity index is 703. The van der Waals surface area contributed by atoms with Crippen molar-refractivity contribution >= 4 is 17.6 Å². The maximum absolute atomic E-state index is 13.0. The van der Waals surface area contributed by atoms with Gasteiger partial charge in [-0.1, -0.05) is 18.0 Å². The van der Waals surface area contributed by atoms with Crippen molar-refractivity contribution in [3.8, 4) is 5.88 Å². The third-order valence-electron chi connectivity index (χ3n) is 3.97. The Balaban J connectivity index is 2.14. The van der Waals surface area contributed by atoms with Crippen LogP contribution in [0.1, 0.15) is 18.5 Å². The summed E-state index contributed by atoms with van der Waals surface area (Å²) in [4.78, 5) is 4.16. The van der Waals surface area contributed by atoms with Gasteiger partial charge in [-0.05, 0) is 25.0 Å². The number of hydrogen-bond donors (Lipinski definition) is 3. The molecule has 144 valence electrons. The van der Waals surface area contributed by atoms with E-state index in [1.807, 2.05) is 0 Å². The summed E-state index contributed by atoms with van der Waals surface area (Å²) in [5.41, 5.74) is 11.0. The highest BCUT2D eigenvalue weighted by atomic mass is 32.2. The normalized spacial score (nSPS) is 17.3. The van der Waals surface area contributed by atoms with Gasteiger partial charge < -0.3 is 25.7 Å². The fourth-order valence-corrected chi connectivity index (χ4v) is 2.51. The fraction of sp³-hybridized carbons (Fsp3) is 0.438. The minimum Gasteiger partial charge on any atom is -0.481 e. The minimum absolute atomic E-state index is 0.0725. The van der Waals surface area contributed by atoms with E-state index in [1.54, 1.807) is 18.4 Å². The second-order valence-corrected chi connectivity index (χ2v) is 6.43. The number of halogens is 3. The molecule has 5 N–H and O–H groups in total. The van der Waals surface area contributed by atoms with Crippen molar-refractivity contribution in [1.82, 2.24) is 9.71 Å². The van der Waals surface area contributed by atoms with Crippen molar-refractivity contribution < 1.29 is 22.6 Å². The highest BCUT2D eigenvalue weighted by Crippen LogP contribution is 2.57. The highest BCUT2D eigenvalue weighted by Gasteiger charge is 2.63. The Labute approximate surface area is 153 Å². The van der Waals surface area contributed by atoms with Crippen LogP contribution in [0, 0.1) is 5.41 Å². The monoisotopic (exact) mass is 390 g/mol. The Hall–Kier alpha value is -2.23. The molecule has 0 radical (unpaired) electrons. The van der Waals surface area contributed by atoms with Crippen molar-refractivity contribution in [1.29, 1.82) is 0 Å². The molecule has 1 fully saturated rings. The second-order valence-electron chi connectivity index (χ2n) is 5.82. The quantitative estimate of drug-likeness (QED) is 0.357. The summed E-state index contributed by atoms with van der Waals surface area (Å²) >= 11 is 1.29. The average molecular weight is 390 g/mol. The van der Waals surface area contributed by atoms with E-state index in [-0.39, 0.29) is 30.3 Å². The fourth-order valence-electron chi connectivity index (χ4n) is 2.13. The van der Waals surface area contributed by atoms with E-state index in [1.165, 1.54) is 31.2 Å². The summed E-state index contributed by atoms with van der Waals surface area (Å²) in [7, 11) is 1.42. The van der Waals surface area contributed by atoms with Gasteiger partial charge in [0, 0.05) is 12.3 Å². The smallest absolute Gasteiger partial charge is 0.397 e. The van der Waals surface area contributed by atoms with E-state index in [9.17, 15) is 13.2 Å². The zero-order valence-corrected chi connectivity index (χ0v) is 15.2. The summed E-state index contributed by atoms with van der Waals surface area (Å²) in [6, 6.07) is 4.72. The van der Waals surface area contributed by atoms with E-state index in [0.717, 1.165) is 0 Å². The molecule has 1 aliphatic carbocycles. The molecule has 0 saturated heterocycles. The first-order valence-corrected chi connectivity index (χ1v) is 8.92. The van der Waals surface area contributed by atoms with Crippen LogP contribution in [0.5, 0.6) is 5.88 Å². The van der Waals surface area contributed by atoms with Crippen LogP contribution in [-0.2, 0) is 4.74 Å². The molecular weight excluding hydrogens is 369 g/mol. The summed E-state index contributed by atoms with van der Waals surface area (Å²) in [6.45, 7) is -0.452. The predicted octanol–water partition coefficient (Wildman–Crippen LogP) is 2.74. The zero-order chi connectivity index (χ0) is 19.4. The Morgan fingerprint density at radius 2 is 2.08 bits per heavy atom. The minimum atomic E-state index is -4.27. The molecular formula is C16H21F3N4O2S. The van der Waals surface area contributed by atoms with Gasteiger partial charge >= 0.3 is 6.18 Å². The van der Waals surface area contributed by atoms with Crippen LogP contribution in [0.25, 0.3) is 5.70 Å². The maximum atomic E-state index is 13.0. The summed E-state index contributed by atoms with van der Waals surface area (Å²) in [6.07, 6.45) is -0.802. The van der Waals surface area contributed by atoms with Crippen molar-refractivity contribution in [3.05, 3.63) is 41.5 Å². The number of methoxy groups -OCH3 is 1. The Morgan fingerprint density at radius 1 is 1.38 bits per heavy atom. The third-order valence-corrected chi connectivity index (χ3v) is 4.39. The molecule has 1 saturated carbocycles.